The average Bonchev–Trinajstić information content (AvgIpc) is 2.35. The standard InChI is InChI=1S/C14H14FN3O2/c1-7-3-4-12(8(2)17-7)18-13-5-9(14(19)20)11(16)6-10(13)15/h3-6,18H,16H2,1-2H3,(H,19,20). The highest BCUT2D eigenvalue weighted by Gasteiger charge is 2.14. The maximum atomic E-state index is 13.8. The monoisotopic (exact) mass is 275 g/mol. The van der Waals surface area contributed by atoms with Crippen LogP contribution < -0.4 is 11.1 Å². The maximum Gasteiger partial charge on any atom is 0.337 e. The molecule has 1 heterocycles. The Morgan fingerprint density at radius 3 is 2.60 bits per heavy atom. The number of carboxylic acid groups (broad SMARTS) is 1. The predicted octanol–water partition coefficient (Wildman–Crippen LogP) is 2.86. The van der Waals surface area contributed by atoms with Crippen LogP contribution in [0.2, 0.25) is 0 Å². The minimum absolute atomic E-state index is 0.0466. The van der Waals surface area contributed by atoms with Gasteiger partial charge in [0, 0.05) is 11.4 Å². The molecule has 5 nitrogen and oxygen atoms in total. The van der Waals surface area contributed by atoms with Crippen LogP contribution in [0.1, 0.15) is 21.7 Å². The Labute approximate surface area is 115 Å². The van der Waals surface area contributed by atoms with E-state index in [4.69, 9.17) is 10.8 Å². The SMILES string of the molecule is Cc1ccc(Nc2cc(C(=O)O)c(N)cc2F)c(C)n1. The summed E-state index contributed by atoms with van der Waals surface area (Å²) in [6.07, 6.45) is 0. The van der Waals surface area contributed by atoms with Crippen molar-refractivity contribution in [3.8, 4) is 0 Å². The van der Waals surface area contributed by atoms with Crippen molar-refractivity contribution in [3.05, 3.63) is 47.0 Å². The minimum atomic E-state index is -1.20. The van der Waals surface area contributed by atoms with Crippen LogP contribution in [-0.2, 0) is 0 Å². The summed E-state index contributed by atoms with van der Waals surface area (Å²) < 4.78 is 13.8. The van der Waals surface area contributed by atoms with E-state index in [1.807, 2.05) is 6.92 Å². The van der Waals surface area contributed by atoms with Crippen LogP contribution in [0.25, 0.3) is 0 Å². The van der Waals surface area contributed by atoms with Gasteiger partial charge in [-0.3, -0.25) is 4.98 Å². The van der Waals surface area contributed by atoms with Gasteiger partial charge in [0.1, 0.15) is 5.82 Å². The number of halogens is 1. The lowest BCUT2D eigenvalue weighted by Gasteiger charge is -2.12. The molecular formula is C14H14FN3O2. The van der Waals surface area contributed by atoms with Crippen molar-refractivity contribution in [1.29, 1.82) is 0 Å². The van der Waals surface area contributed by atoms with Crippen molar-refractivity contribution in [2.24, 2.45) is 0 Å². The fraction of sp³-hybridized carbons (Fsp3) is 0.143. The number of nitrogens with two attached hydrogens (primary N) is 1. The third-order valence-electron chi connectivity index (χ3n) is 2.86. The van der Waals surface area contributed by atoms with Crippen LogP contribution >= 0.6 is 0 Å². The zero-order chi connectivity index (χ0) is 14.9. The van der Waals surface area contributed by atoms with Crippen molar-refractivity contribution in [2.45, 2.75) is 13.8 Å². The van der Waals surface area contributed by atoms with Gasteiger partial charge in [0.15, 0.2) is 0 Å². The van der Waals surface area contributed by atoms with Gasteiger partial charge in [-0.15, -0.1) is 0 Å². The van der Waals surface area contributed by atoms with Gasteiger partial charge in [-0.1, -0.05) is 0 Å². The molecule has 0 aliphatic carbocycles. The Kier molecular flexibility index (Phi) is 3.56. The summed E-state index contributed by atoms with van der Waals surface area (Å²) in [5.41, 5.74) is 7.41. The van der Waals surface area contributed by atoms with Gasteiger partial charge in [-0.25, -0.2) is 9.18 Å². The number of hydrogen-bond donors (Lipinski definition) is 3. The van der Waals surface area contributed by atoms with Crippen molar-refractivity contribution >= 4 is 23.0 Å². The number of benzene rings is 1. The van der Waals surface area contributed by atoms with Crippen molar-refractivity contribution in [3.63, 3.8) is 0 Å². The quantitative estimate of drug-likeness (QED) is 0.749. The van der Waals surface area contributed by atoms with E-state index in [-0.39, 0.29) is 16.9 Å². The first-order valence-electron chi connectivity index (χ1n) is 5.92. The fourth-order valence-corrected chi connectivity index (χ4v) is 1.83. The molecule has 20 heavy (non-hydrogen) atoms. The van der Waals surface area contributed by atoms with Crippen molar-refractivity contribution in [1.82, 2.24) is 4.98 Å². The third kappa shape index (κ3) is 2.69. The van der Waals surface area contributed by atoms with Crippen LogP contribution in [-0.4, -0.2) is 16.1 Å². The highest BCUT2D eigenvalue weighted by Crippen LogP contribution is 2.26. The van der Waals surface area contributed by atoms with Gasteiger partial charge in [0.05, 0.1) is 22.6 Å². The first kappa shape index (κ1) is 13.8. The minimum Gasteiger partial charge on any atom is -0.478 e. The Balaban J connectivity index is 2.43. The molecular weight excluding hydrogens is 261 g/mol. The molecule has 2 rings (SSSR count). The lowest BCUT2D eigenvalue weighted by molar-refractivity contribution is 0.0698. The number of pyridine rings is 1. The number of aryl methyl sites for hydroxylation is 2. The van der Waals surface area contributed by atoms with Crippen LogP contribution in [0.5, 0.6) is 0 Å². The number of rotatable bonds is 3. The molecule has 6 heteroatoms. The first-order chi connectivity index (χ1) is 9.38. The largest absolute Gasteiger partial charge is 0.478 e. The molecule has 1 aromatic carbocycles. The summed E-state index contributed by atoms with van der Waals surface area (Å²) >= 11 is 0. The second-order valence-corrected chi connectivity index (χ2v) is 4.44. The second-order valence-electron chi connectivity index (χ2n) is 4.44. The normalized spacial score (nSPS) is 10.3. The summed E-state index contributed by atoms with van der Waals surface area (Å²) in [6, 6.07) is 5.70. The number of aromatic carboxylic acids is 1. The number of anilines is 3. The van der Waals surface area contributed by atoms with Crippen LogP contribution in [0.4, 0.5) is 21.5 Å². The van der Waals surface area contributed by atoms with E-state index in [0.717, 1.165) is 11.8 Å². The van der Waals surface area contributed by atoms with Gasteiger partial charge in [0.2, 0.25) is 0 Å². The molecule has 0 spiro atoms. The molecule has 104 valence electrons. The number of nitrogen functional groups attached to an aromatic ring is 1. The fourth-order valence-electron chi connectivity index (χ4n) is 1.83. The maximum absolute atomic E-state index is 13.8. The zero-order valence-electron chi connectivity index (χ0n) is 11.1. The topological polar surface area (TPSA) is 88.2 Å². The molecule has 1 aromatic heterocycles. The molecule has 0 aliphatic rings. The Morgan fingerprint density at radius 1 is 1.30 bits per heavy atom. The molecule has 2 aromatic rings. The highest BCUT2D eigenvalue weighted by molar-refractivity contribution is 5.95. The smallest absolute Gasteiger partial charge is 0.337 e. The van der Waals surface area contributed by atoms with Gasteiger partial charge in [0.25, 0.3) is 0 Å². The van der Waals surface area contributed by atoms with E-state index in [0.29, 0.717) is 11.4 Å². The molecule has 0 fully saturated rings. The Hall–Kier alpha value is -2.63. The average molecular weight is 275 g/mol. The van der Waals surface area contributed by atoms with Gasteiger partial charge in [-0.2, -0.15) is 0 Å². The van der Waals surface area contributed by atoms with Crippen LogP contribution in [0.3, 0.4) is 0 Å². The van der Waals surface area contributed by atoms with E-state index in [2.05, 4.69) is 10.3 Å². The molecule has 0 saturated carbocycles. The number of carbonyl (C=O) groups is 1. The molecule has 0 saturated heterocycles. The molecule has 0 amide bonds. The van der Waals surface area contributed by atoms with E-state index < -0.39 is 11.8 Å². The third-order valence-corrected chi connectivity index (χ3v) is 2.86. The number of hydrogen-bond acceptors (Lipinski definition) is 4. The van der Waals surface area contributed by atoms with E-state index >= 15 is 0 Å². The number of carboxylic acids is 1. The summed E-state index contributed by atoms with van der Waals surface area (Å²) in [7, 11) is 0. The van der Waals surface area contributed by atoms with Gasteiger partial charge in [-0.05, 0) is 38.1 Å². The lowest BCUT2D eigenvalue weighted by Crippen LogP contribution is -2.06. The Bertz CT molecular complexity index is 686. The zero-order valence-corrected chi connectivity index (χ0v) is 11.1. The predicted molar refractivity (Wildman–Crippen MR) is 74.8 cm³/mol. The summed E-state index contributed by atoms with van der Waals surface area (Å²) in [5.74, 6) is -1.82. The lowest BCUT2D eigenvalue weighted by atomic mass is 10.1. The molecule has 0 bridgehead atoms. The van der Waals surface area contributed by atoms with Gasteiger partial charge >= 0.3 is 5.97 Å². The molecule has 0 atom stereocenters. The summed E-state index contributed by atoms with van der Waals surface area (Å²) in [5, 5.41) is 11.8. The number of aromatic nitrogens is 1. The summed E-state index contributed by atoms with van der Waals surface area (Å²) in [4.78, 5) is 15.3. The summed E-state index contributed by atoms with van der Waals surface area (Å²) in [6.45, 7) is 3.63. The van der Waals surface area contributed by atoms with E-state index in [1.165, 1.54) is 6.07 Å². The van der Waals surface area contributed by atoms with Crippen molar-refractivity contribution < 1.29 is 14.3 Å². The number of nitrogens with one attached hydrogen (secondary N) is 1. The van der Waals surface area contributed by atoms with Crippen LogP contribution in [0, 0.1) is 19.7 Å². The van der Waals surface area contributed by atoms with Crippen LogP contribution in [0.15, 0.2) is 24.3 Å². The molecule has 4 N–H and O–H groups in total. The second kappa shape index (κ2) is 5.16. The molecule has 0 aliphatic heterocycles. The van der Waals surface area contributed by atoms with Crippen molar-refractivity contribution in [2.75, 3.05) is 11.1 Å². The number of nitrogens with zero attached hydrogens (tertiary/aromatic N) is 1. The van der Waals surface area contributed by atoms with Gasteiger partial charge < -0.3 is 16.2 Å². The Morgan fingerprint density at radius 2 is 2.00 bits per heavy atom. The highest BCUT2D eigenvalue weighted by atomic mass is 19.1. The molecule has 0 unspecified atom stereocenters. The van der Waals surface area contributed by atoms with E-state index in [1.54, 1.807) is 19.1 Å². The first-order valence-corrected chi connectivity index (χ1v) is 5.92. The van der Waals surface area contributed by atoms with E-state index in [9.17, 15) is 9.18 Å². The molecule has 0 radical (unpaired) electrons.